The van der Waals surface area contributed by atoms with Gasteiger partial charge in [0, 0.05) is 0 Å². The first-order valence-electron chi connectivity index (χ1n) is 17.3. The first-order chi connectivity index (χ1) is 23.7. The molecule has 0 saturated carbocycles. The first-order valence-corrected chi connectivity index (χ1v) is 19.8. The van der Waals surface area contributed by atoms with Crippen molar-refractivity contribution in [1.82, 2.24) is 0 Å². The van der Waals surface area contributed by atoms with Crippen LogP contribution in [0.3, 0.4) is 0 Å². The van der Waals surface area contributed by atoms with Crippen LogP contribution in [-0.2, 0) is 34.6 Å². The summed E-state index contributed by atoms with van der Waals surface area (Å²) < 4.78 is 3.14. The second-order valence-corrected chi connectivity index (χ2v) is 16.0. The van der Waals surface area contributed by atoms with Crippen LogP contribution < -0.4 is 10.4 Å². The van der Waals surface area contributed by atoms with E-state index < -0.39 is 22.8 Å². The molecular formula is C47H39Zr. The number of allylic oxidation sites excluding steroid dienone is 8. The molecule has 0 N–H and O–H groups in total. The summed E-state index contributed by atoms with van der Waals surface area (Å²) in [5.74, 6) is 0. The van der Waals surface area contributed by atoms with Crippen LogP contribution in [0.5, 0.6) is 0 Å². The van der Waals surface area contributed by atoms with Crippen LogP contribution in [0.25, 0.3) is 14.4 Å². The van der Waals surface area contributed by atoms with Crippen LogP contribution in [-0.4, -0.2) is 3.21 Å². The molecule has 0 amide bonds. The van der Waals surface area contributed by atoms with Gasteiger partial charge in [-0.2, -0.15) is 0 Å². The quantitative estimate of drug-likeness (QED) is 0.152. The number of benzene rings is 5. The van der Waals surface area contributed by atoms with Crippen molar-refractivity contribution < 1.29 is 22.8 Å². The van der Waals surface area contributed by atoms with Gasteiger partial charge in [0.1, 0.15) is 0 Å². The average Bonchev–Trinajstić information content (AvgIpc) is 3.81. The third kappa shape index (κ3) is 5.30. The van der Waals surface area contributed by atoms with Crippen molar-refractivity contribution in [2.45, 2.75) is 38.5 Å². The Bertz CT molecular complexity index is 2240. The number of rotatable bonds is 8. The maximum atomic E-state index is 2.65. The summed E-state index contributed by atoms with van der Waals surface area (Å²) >= 11 is -1.43. The van der Waals surface area contributed by atoms with Gasteiger partial charge in [0.05, 0.1) is 0 Å². The van der Waals surface area contributed by atoms with Gasteiger partial charge in [0.25, 0.3) is 0 Å². The normalized spacial score (nSPS) is 17.9. The summed E-state index contributed by atoms with van der Waals surface area (Å²) in [6.07, 6.45) is 12.6. The second-order valence-electron chi connectivity index (χ2n) is 12.9. The minimum absolute atomic E-state index is 0.261. The third-order valence-electron chi connectivity index (χ3n) is 10.3. The van der Waals surface area contributed by atoms with Gasteiger partial charge < -0.3 is 0 Å². The Morgan fingerprint density at radius 1 is 0.667 bits per heavy atom. The predicted molar refractivity (Wildman–Crippen MR) is 200 cm³/mol. The van der Waals surface area contributed by atoms with Gasteiger partial charge in [0.2, 0.25) is 0 Å². The molecule has 1 unspecified atom stereocenters. The van der Waals surface area contributed by atoms with E-state index in [0.717, 1.165) is 19.3 Å². The summed E-state index contributed by atoms with van der Waals surface area (Å²) in [6.45, 7) is 4.68. The number of fused-ring (bicyclic) bond motifs is 2. The van der Waals surface area contributed by atoms with Crippen molar-refractivity contribution in [1.29, 1.82) is 0 Å². The van der Waals surface area contributed by atoms with Crippen molar-refractivity contribution in [3.63, 3.8) is 0 Å². The zero-order valence-electron chi connectivity index (χ0n) is 27.7. The van der Waals surface area contributed by atoms with Gasteiger partial charge >= 0.3 is 298 Å². The van der Waals surface area contributed by atoms with Crippen LogP contribution in [0, 0.1) is 0 Å². The Kier molecular flexibility index (Phi) is 8.50. The van der Waals surface area contributed by atoms with E-state index in [1.807, 2.05) is 0 Å². The van der Waals surface area contributed by atoms with Crippen LogP contribution in [0.4, 0.5) is 0 Å². The summed E-state index contributed by atoms with van der Waals surface area (Å²) in [7, 11) is 0. The van der Waals surface area contributed by atoms with Crippen molar-refractivity contribution in [3.8, 4) is 0 Å². The van der Waals surface area contributed by atoms with E-state index in [2.05, 4.69) is 178 Å². The van der Waals surface area contributed by atoms with Gasteiger partial charge in [-0.15, -0.1) is 0 Å². The molecule has 3 aliphatic rings. The van der Waals surface area contributed by atoms with Crippen LogP contribution in [0.2, 0.25) is 0 Å². The van der Waals surface area contributed by atoms with E-state index in [4.69, 9.17) is 0 Å². The third-order valence-corrected chi connectivity index (χ3v) is 14.2. The second kappa shape index (κ2) is 13.2. The molecule has 0 saturated heterocycles. The Labute approximate surface area is 296 Å². The fraction of sp³-hybridized carbons (Fsp3) is 0.128. The molecule has 0 bridgehead atoms. The Hall–Kier alpha value is -4.45. The molecule has 1 heteroatoms. The zero-order chi connectivity index (χ0) is 32.5. The van der Waals surface area contributed by atoms with Crippen LogP contribution in [0.1, 0.15) is 54.5 Å². The number of aryl methyl sites for hydroxylation is 1. The fourth-order valence-corrected chi connectivity index (χ4v) is 11.8. The molecule has 8 rings (SSSR count). The molecule has 231 valence electrons. The van der Waals surface area contributed by atoms with E-state index in [0.29, 0.717) is 0 Å². The van der Waals surface area contributed by atoms with Gasteiger partial charge in [-0.3, -0.25) is 0 Å². The van der Waals surface area contributed by atoms with E-state index in [9.17, 15) is 0 Å². The minimum atomic E-state index is -1.43. The molecule has 0 aromatic heterocycles. The molecule has 5 aromatic rings. The average molecular weight is 695 g/mol. The first kappa shape index (κ1) is 30.9. The van der Waals surface area contributed by atoms with Gasteiger partial charge in [-0.25, -0.2) is 0 Å². The molecule has 0 heterocycles. The van der Waals surface area contributed by atoms with Crippen molar-refractivity contribution in [2.24, 2.45) is 0 Å². The van der Waals surface area contributed by atoms with Gasteiger partial charge in [-0.05, 0) is 0 Å². The Balaban J connectivity index is 1.57. The molecule has 5 aromatic carbocycles. The Morgan fingerprint density at radius 3 is 1.88 bits per heavy atom. The van der Waals surface area contributed by atoms with E-state index in [1.165, 1.54) is 69.3 Å². The molecule has 3 aliphatic carbocycles. The summed E-state index contributed by atoms with van der Waals surface area (Å²) in [5, 5.41) is 2.86. The van der Waals surface area contributed by atoms with E-state index >= 15 is 0 Å². The Morgan fingerprint density at radius 2 is 1.29 bits per heavy atom. The van der Waals surface area contributed by atoms with E-state index in [1.54, 1.807) is 3.28 Å². The van der Waals surface area contributed by atoms with Crippen molar-refractivity contribution in [3.05, 3.63) is 219 Å². The zero-order valence-corrected chi connectivity index (χ0v) is 30.2. The molecular weight excluding hydrogens is 656 g/mol. The summed E-state index contributed by atoms with van der Waals surface area (Å²) in [6, 6.07) is 52.2. The molecule has 0 radical (unpaired) electrons. The summed E-state index contributed by atoms with van der Waals surface area (Å²) in [5.41, 5.74) is 13.8. The fourth-order valence-electron chi connectivity index (χ4n) is 7.92. The molecule has 48 heavy (non-hydrogen) atoms. The summed E-state index contributed by atoms with van der Waals surface area (Å²) in [4.78, 5) is 0. The molecule has 0 fully saturated rings. The van der Waals surface area contributed by atoms with Gasteiger partial charge in [0.15, 0.2) is 0 Å². The SMILES string of the molecule is CCc1ccc2c(c1)=[C]([Zr]=[C](c1ccccc1)c1ccccc1)C1=C(C3=CC=CC3)C(CC)(c3ccccc3)C=C(c3ccccc3)C=21. The number of hydrogen-bond donors (Lipinski definition) is 0. The number of hydrogen-bond acceptors (Lipinski definition) is 0. The maximum absolute atomic E-state index is 2.65. The van der Waals surface area contributed by atoms with Crippen molar-refractivity contribution >= 4 is 17.6 Å². The predicted octanol–water partition coefficient (Wildman–Crippen LogP) is 9.50. The van der Waals surface area contributed by atoms with Gasteiger partial charge in [-0.1, -0.05) is 0 Å². The molecule has 0 spiro atoms. The van der Waals surface area contributed by atoms with Crippen LogP contribution in [0.15, 0.2) is 181 Å². The van der Waals surface area contributed by atoms with E-state index in [-0.39, 0.29) is 5.41 Å². The van der Waals surface area contributed by atoms with Crippen molar-refractivity contribution in [2.75, 3.05) is 0 Å². The topological polar surface area (TPSA) is 0 Å². The standard InChI is InChI=1S/C34H29.C13H10.Zr/c1-3-24-19-20-29-27(21-24)22-30-32(29)31(25-13-7-5-8-14-25)23-34(4-2,28-17-9-6-10-18-28)33(30)26-15-11-12-16-26;1-3-7-12(8-4-1)11-13-9-5-2-6-10-13;/h5-15,17-21,23H,3-4,16H2,1-2H3;1-10H;. The monoisotopic (exact) mass is 693 g/mol. The molecule has 0 nitrogen and oxygen atoms in total. The van der Waals surface area contributed by atoms with Crippen LogP contribution >= 0.6 is 0 Å². The molecule has 1 atom stereocenters. The molecule has 0 aliphatic heterocycles.